The summed E-state index contributed by atoms with van der Waals surface area (Å²) in [6.45, 7) is 10.5. The number of nitrogens with zero attached hydrogens (tertiary/aromatic N) is 7. The number of benzene rings is 1. The minimum Gasteiger partial charge on any atom is -0.496 e. The van der Waals surface area contributed by atoms with Crippen molar-refractivity contribution in [3.05, 3.63) is 47.7 Å². The van der Waals surface area contributed by atoms with Crippen LogP contribution in [0, 0.1) is 18.3 Å². The van der Waals surface area contributed by atoms with Gasteiger partial charge in [0.15, 0.2) is 0 Å². The number of amides is 1. The van der Waals surface area contributed by atoms with Gasteiger partial charge >= 0.3 is 6.01 Å². The first-order chi connectivity index (χ1) is 19.9. The van der Waals surface area contributed by atoms with Gasteiger partial charge in [0.1, 0.15) is 18.2 Å². The van der Waals surface area contributed by atoms with Crippen LogP contribution in [0.5, 0.6) is 11.8 Å². The molecule has 10 heteroatoms. The first kappa shape index (κ1) is 28.7. The molecule has 1 amide bonds. The highest BCUT2D eigenvalue weighted by Gasteiger charge is 2.33. The summed E-state index contributed by atoms with van der Waals surface area (Å²) in [7, 11) is 3.84. The van der Waals surface area contributed by atoms with Gasteiger partial charge in [0.25, 0.3) is 0 Å². The molecule has 10 nitrogen and oxygen atoms in total. The number of likely N-dealkylation sites (tertiary alicyclic amines) is 1. The number of hydrogen-bond acceptors (Lipinski definition) is 9. The minimum absolute atomic E-state index is 0.138. The fourth-order valence-corrected chi connectivity index (χ4v) is 6.38. The SMILES string of the molecule is C=CC(=O)N1CCN(c2nc(OC[C@@H]3CCCN3C)nc3c2CCCN(c2cccc(OC)c2C)C3)CC1CC#N. The Bertz CT molecular complexity index is 1310. The number of likely N-dealkylation sites (N-methyl/N-ethyl adjacent to an activating group) is 1. The van der Waals surface area contributed by atoms with Gasteiger partial charge in [-0.15, -0.1) is 0 Å². The van der Waals surface area contributed by atoms with E-state index in [4.69, 9.17) is 19.4 Å². The molecule has 218 valence electrons. The van der Waals surface area contributed by atoms with Gasteiger partial charge in [-0.3, -0.25) is 4.79 Å². The minimum atomic E-state index is -0.233. The molecule has 0 saturated carbocycles. The normalized spacial score (nSPS) is 21.2. The molecular formula is C31H41N7O3. The summed E-state index contributed by atoms with van der Waals surface area (Å²) in [5.41, 5.74) is 4.33. The molecule has 0 bridgehead atoms. The van der Waals surface area contributed by atoms with Gasteiger partial charge in [0.2, 0.25) is 5.91 Å². The highest BCUT2D eigenvalue weighted by Crippen LogP contribution is 2.35. The van der Waals surface area contributed by atoms with Crippen LogP contribution in [0.15, 0.2) is 30.9 Å². The molecule has 2 aromatic rings. The molecule has 1 aromatic heterocycles. The third kappa shape index (κ3) is 6.10. The number of rotatable bonds is 8. The summed E-state index contributed by atoms with van der Waals surface area (Å²) in [4.78, 5) is 31.2. The van der Waals surface area contributed by atoms with Crippen molar-refractivity contribution in [3.8, 4) is 17.8 Å². The van der Waals surface area contributed by atoms with Crippen LogP contribution >= 0.6 is 0 Å². The number of anilines is 2. The zero-order valence-electron chi connectivity index (χ0n) is 24.5. The average molecular weight is 560 g/mol. The molecule has 1 aromatic carbocycles. The van der Waals surface area contributed by atoms with Crippen LogP contribution in [0.3, 0.4) is 0 Å². The number of hydrogen-bond donors (Lipinski definition) is 0. The number of ether oxygens (including phenoxy) is 2. The fourth-order valence-electron chi connectivity index (χ4n) is 6.38. The molecule has 5 rings (SSSR count). The van der Waals surface area contributed by atoms with E-state index in [1.54, 1.807) is 12.0 Å². The van der Waals surface area contributed by atoms with Gasteiger partial charge in [-0.05, 0) is 64.4 Å². The second kappa shape index (κ2) is 12.8. The van der Waals surface area contributed by atoms with Crippen LogP contribution in [0.4, 0.5) is 11.5 Å². The molecule has 4 heterocycles. The third-order valence-corrected chi connectivity index (χ3v) is 8.71. The Morgan fingerprint density at radius 1 is 1.17 bits per heavy atom. The van der Waals surface area contributed by atoms with E-state index in [0.717, 1.165) is 66.4 Å². The van der Waals surface area contributed by atoms with E-state index in [9.17, 15) is 10.1 Å². The Kier molecular flexibility index (Phi) is 8.93. The summed E-state index contributed by atoms with van der Waals surface area (Å²) in [5, 5.41) is 9.52. The predicted octanol–water partition coefficient (Wildman–Crippen LogP) is 3.34. The summed E-state index contributed by atoms with van der Waals surface area (Å²) in [6.07, 6.45) is 5.64. The summed E-state index contributed by atoms with van der Waals surface area (Å²) < 4.78 is 11.9. The van der Waals surface area contributed by atoms with E-state index in [2.05, 4.69) is 47.4 Å². The molecular weight excluding hydrogens is 518 g/mol. The predicted molar refractivity (Wildman–Crippen MR) is 158 cm³/mol. The van der Waals surface area contributed by atoms with Crippen LogP contribution in [0.2, 0.25) is 0 Å². The van der Waals surface area contributed by atoms with Crippen LogP contribution in [0.25, 0.3) is 0 Å². The van der Waals surface area contributed by atoms with E-state index >= 15 is 0 Å². The van der Waals surface area contributed by atoms with Crippen molar-refractivity contribution in [3.63, 3.8) is 0 Å². The Balaban J connectivity index is 1.49. The van der Waals surface area contributed by atoms with Crippen molar-refractivity contribution in [1.29, 1.82) is 5.26 Å². The van der Waals surface area contributed by atoms with Crippen molar-refractivity contribution in [1.82, 2.24) is 19.8 Å². The smallest absolute Gasteiger partial charge is 0.318 e. The zero-order valence-corrected chi connectivity index (χ0v) is 24.5. The molecule has 3 aliphatic heterocycles. The number of piperazine rings is 1. The molecule has 41 heavy (non-hydrogen) atoms. The second-order valence-corrected chi connectivity index (χ2v) is 11.2. The molecule has 0 aliphatic carbocycles. The maximum Gasteiger partial charge on any atom is 0.318 e. The molecule has 0 radical (unpaired) electrons. The van der Waals surface area contributed by atoms with E-state index in [1.165, 1.54) is 12.5 Å². The fraction of sp³-hybridized carbons (Fsp3) is 0.548. The standard InChI is InChI=1S/C31H41N7O3/c1-5-29(39)38-18-17-37(19-23(38)13-14-32)30-25-10-8-16-36(27-11-6-12-28(40-4)22(27)2)20-26(25)33-31(34-30)41-21-24-9-7-15-35(24)3/h5-6,11-12,23-24H,1,7-10,13,15-21H2,2-4H3/t23?,24-/m0/s1. The lowest BCUT2D eigenvalue weighted by Crippen LogP contribution is -2.55. The molecule has 2 saturated heterocycles. The second-order valence-electron chi connectivity index (χ2n) is 11.2. The van der Waals surface area contributed by atoms with E-state index in [0.29, 0.717) is 44.8 Å². The quantitative estimate of drug-likeness (QED) is 0.451. The summed E-state index contributed by atoms with van der Waals surface area (Å²) in [5.74, 6) is 1.60. The highest BCUT2D eigenvalue weighted by molar-refractivity contribution is 5.87. The topological polar surface area (TPSA) is 98.1 Å². The van der Waals surface area contributed by atoms with E-state index < -0.39 is 0 Å². The largest absolute Gasteiger partial charge is 0.496 e. The average Bonchev–Trinajstić information content (AvgIpc) is 3.27. The van der Waals surface area contributed by atoms with Crippen molar-refractivity contribution in [2.24, 2.45) is 0 Å². The monoisotopic (exact) mass is 559 g/mol. The number of methoxy groups -OCH3 is 1. The van der Waals surface area contributed by atoms with E-state index in [1.807, 2.05) is 12.1 Å². The van der Waals surface area contributed by atoms with Gasteiger partial charge in [0.05, 0.1) is 37.9 Å². The lowest BCUT2D eigenvalue weighted by atomic mass is 10.1. The maximum absolute atomic E-state index is 12.5. The first-order valence-corrected chi connectivity index (χ1v) is 14.6. The number of carbonyl (C=O) groups is 1. The van der Waals surface area contributed by atoms with Gasteiger partial charge in [-0.1, -0.05) is 12.6 Å². The van der Waals surface area contributed by atoms with E-state index in [-0.39, 0.29) is 18.4 Å². The molecule has 3 aliphatic rings. The van der Waals surface area contributed by atoms with Gasteiger partial charge in [0, 0.05) is 49.0 Å². The third-order valence-electron chi connectivity index (χ3n) is 8.71. The van der Waals surface area contributed by atoms with Gasteiger partial charge in [-0.2, -0.15) is 15.2 Å². The summed E-state index contributed by atoms with van der Waals surface area (Å²) >= 11 is 0. The summed E-state index contributed by atoms with van der Waals surface area (Å²) in [6, 6.07) is 8.94. The number of carbonyl (C=O) groups excluding carboxylic acids is 1. The Labute approximate surface area is 243 Å². The Morgan fingerprint density at radius 2 is 2.02 bits per heavy atom. The Morgan fingerprint density at radius 3 is 2.76 bits per heavy atom. The Hall–Kier alpha value is -3.84. The van der Waals surface area contributed by atoms with Crippen molar-refractivity contribution < 1.29 is 14.3 Å². The van der Waals surface area contributed by atoms with Crippen LogP contribution in [-0.2, 0) is 17.8 Å². The molecule has 0 spiro atoms. The van der Waals surface area contributed by atoms with Crippen molar-refractivity contribution in [2.75, 3.05) is 63.3 Å². The number of aromatic nitrogens is 2. The molecule has 0 N–H and O–H groups in total. The van der Waals surface area contributed by atoms with Crippen LogP contribution < -0.4 is 19.3 Å². The van der Waals surface area contributed by atoms with Gasteiger partial charge < -0.3 is 29.1 Å². The van der Waals surface area contributed by atoms with Crippen LogP contribution in [-0.4, -0.2) is 91.2 Å². The highest BCUT2D eigenvalue weighted by atomic mass is 16.5. The lowest BCUT2D eigenvalue weighted by molar-refractivity contribution is -0.128. The van der Waals surface area contributed by atoms with Crippen LogP contribution in [0.1, 0.15) is 42.5 Å². The molecule has 2 atom stereocenters. The van der Waals surface area contributed by atoms with Gasteiger partial charge in [-0.25, -0.2) is 0 Å². The molecule has 1 unspecified atom stereocenters. The lowest BCUT2D eigenvalue weighted by Gasteiger charge is -2.41. The maximum atomic E-state index is 12.5. The number of fused-ring (bicyclic) bond motifs is 1. The van der Waals surface area contributed by atoms with Crippen molar-refractivity contribution >= 4 is 17.4 Å². The molecule has 2 fully saturated rings. The first-order valence-electron chi connectivity index (χ1n) is 14.6. The zero-order chi connectivity index (χ0) is 28.9. The number of nitriles is 1. The van der Waals surface area contributed by atoms with Crippen molar-refractivity contribution in [2.45, 2.75) is 57.7 Å².